The van der Waals surface area contributed by atoms with E-state index in [1.54, 1.807) is 7.11 Å². The van der Waals surface area contributed by atoms with Crippen LogP contribution in [0, 0.1) is 0 Å². The van der Waals surface area contributed by atoms with Crippen LogP contribution in [0.5, 0.6) is 0 Å². The topological polar surface area (TPSA) is 50.8 Å². The molecule has 0 aromatic heterocycles. The third-order valence-corrected chi connectivity index (χ3v) is 3.04. The van der Waals surface area contributed by atoms with Gasteiger partial charge in [-0.3, -0.25) is 4.79 Å². The Hall–Kier alpha value is -0.650. The van der Waals surface area contributed by atoms with E-state index in [2.05, 4.69) is 5.32 Å². The number of carbonyl (C=O) groups is 1. The van der Waals surface area contributed by atoms with Crippen molar-refractivity contribution in [2.24, 2.45) is 0 Å². The first-order valence-corrected chi connectivity index (χ1v) is 5.44. The Balaban J connectivity index is 1.85. The highest BCUT2D eigenvalue weighted by atomic mass is 16.5. The molecule has 0 aromatic carbocycles. The van der Waals surface area contributed by atoms with Gasteiger partial charge in [0, 0.05) is 26.7 Å². The highest BCUT2D eigenvalue weighted by molar-refractivity contribution is 5.82. The van der Waals surface area contributed by atoms with Gasteiger partial charge in [0.2, 0.25) is 5.91 Å². The Morgan fingerprint density at radius 3 is 2.80 bits per heavy atom. The minimum absolute atomic E-state index is 0.0620. The molecule has 0 radical (unpaired) electrons. The van der Waals surface area contributed by atoms with Crippen LogP contribution in [0.25, 0.3) is 0 Å². The van der Waals surface area contributed by atoms with Gasteiger partial charge in [0.1, 0.15) is 0 Å². The standard InChI is InChI=1S/C10H18N2O3/c1-14-8-6-9(11-7-8)10(13)12-2-4-15-5-3-12/h8-9,11H,2-7H2,1H3/t8-,9+/m0/s1. The number of carbonyl (C=O) groups excluding carboxylic acids is 1. The molecule has 1 amide bonds. The molecule has 2 aliphatic heterocycles. The van der Waals surface area contributed by atoms with Gasteiger partial charge in [0.05, 0.1) is 25.4 Å². The summed E-state index contributed by atoms with van der Waals surface area (Å²) in [5.41, 5.74) is 0. The van der Waals surface area contributed by atoms with E-state index in [0.29, 0.717) is 26.3 Å². The number of hydrogen-bond acceptors (Lipinski definition) is 4. The SMILES string of the molecule is CO[C@@H]1CN[C@@H](C(=O)N2CCOCC2)C1. The third kappa shape index (κ3) is 2.48. The first kappa shape index (κ1) is 10.9. The van der Waals surface area contributed by atoms with Crippen LogP contribution in [-0.4, -0.2) is 62.9 Å². The third-order valence-electron chi connectivity index (χ3n) is 3.04. The van der Waals surface area contributed by atoms with Crippen molar-refractivity contribution in [3.8, 4) is 0 Å². The van der Waals surface area contributed by atoms with E-state index in [0.717, 1.165) is 13.0 Å². The number of amides is 1. The summed E-state index contributed by atoms with van der Waals surface area (Å²) in [5.74, 6) is 0.192. The first-order valence-electron chi connectivity index (χ1n) is 5.44. The molecule has 0 unspecified atom stereocenters. The molecule has 86 valence electrons. The minimum atomic E-state index is -0.0620. The largest absolute Gasteiger partial charge is 0.380 e. The second kappa shape index (κ2) is 4.92. The van der Waals surface area contributed by atoms with Gasteiger partial charge in [-0.25, -0.2) is 0 Å². The molecule has 15 heavy (non-hydrogen) atoms. The average Bonchev–Trinajstić information content (AvgIpc) is 2.78. The molecule has 2 atom stereocenters. The summed E-state index contributed by atoms with van der Waals surface area (Å²) in [4.78, 5) is 13.9. The lowest BCUT2D eigenvalue weighted by molar-refractivity contribution is -0.137. The number of hydrogen-bond donors (Lipinski definition) is 1. The molecule has 5 nitrogen and oxygen atoms in total. The molecule has 0 spiro atoms. The van der Waals surface area contributed by atoms with E-state index >= 15 is 0 Å². The first-order chi connectivity index (χ1) is 7.31. The molecule has 2 rings (SSSR count). The fourth-order valence-corrected chi connectivity index (χ4v) is 2.08. The zero-order chi connectivity index (χ0) is 10.7. The van der Waals surface area contributed by atoms with Crippen molar-refractivity contribution in [1.82, 2.24) is 10.2 Å². The van der Waals surface area contributed by atoms with Gasteiger partial charge in [-0.2, -0.15) is 0 Å². The number of morpholine rings is 1. The quantitative estimate of drug-likeness (QED) is 0.655. The van der Waals surface area contributed by atoms with E-state index in [1.807, 2.05) is 4.90 Å². The number of nitrogens with one attached hydrogen (secondary N) is 1. The summed E-state index contributed by atoms with van der Waals surface area (Å²) in [6.07, 6.45) is 0.965. The van der Waals surface area contributed by atoms with Crippen LogP contribution in [0.1, 0.15) is 6.42 Å². The Morgan fingerprint density at radius 2 is 2.20 bits per heavy atom. The van der Waals surface area contributed by atoms with E-state index in [9.17, 15) is 4.79 Å². The fourth-order valence-electron chi connectivity index (χ4n) is 2.08. The molecular weight excluding hydrogens is 196 g/mol. The fraction of sp³-hybridized carbons (Fsp3) is 0.900. The molecule has 0 saturated carbocycles. The van der Waals surface area contributed by atoms with Gasteiger partial charge < -0.3 is 19.7 Å². The maximum absolute atomic E-state index is 12.0. The lowest BCUT2D eigenvalue weighted by Gasteiger charge is -2.29. The monoisotopic (exact) mass is 214 g/mol. The van der Waals surface area contributed by atoms with Crippen molar-refractivity contribution in [3.05, 3.63) is 0 Å². The molecule has 0 aromatic rings. The van der Waals surface area contributed by atoms with Crippen molar-refractivity contribution < 1.29 is 14.3 Å². The van der Waals surface area contributed by atoms with Gasteiger partial charge in [-0.1, -0.05) is 0 Å². The van der Waals surface area contributed by atoms with E-state index in [4.69, 9.17) is 9.47 Å². The normalized spacial score (nSPS) is 31.9. The average molecular weight is 214 g/mol. The maximum Gasteiger partial charge on any atom is 0.239 e. The van der Waals surface area contributed by atoms with Crippen LogP contribution in [0.2, 0.25) is 0 Å². The van der Waals surface area contributed by atoms with Gasteiger partial charge >= 0.3 is 0 Å². The molecule has 5 heteroatoms. The molecule has 2 aliphatic rings. The maximum atomic E-state index is 12.0. The van der Waals surface area contributed by atoms with E-state index in [-0.39, 0.29) is 18.1 Å². The lowest BCUT2D eigenvalue weighted by atomic mass is 10.1. The van der Waals surface area contributed by atoms with Gasteiger partial charge in [-0.15, -0.1) is 0 Å². The molecule has 2 heterocycles. The summed E-state index contributed by atoms with van der Waals surface area (Å²) >= 11 is 0. The van der Waals surface area contributed by atoms with Crippen molar-refractivity contribution in [2.45, 2.75) is 18.6 Å². The van der Waals surface area contributed by atoms with Crippen LogP contribution >= 0.6 is 0 Å². The summed E-state index contributed by atoms with van der Waals surface area (Å²) < 4.78 is 10.4. The van der Waals surface area contributed by atoms with Crippen LogP contribution < -0.4 is 5.32 Å². The van der Waals surface area contributed by atoms with Crippen molar-refractivity contribution in [2.75, 3.05) is 40.0 Å². The van der Waals surface area contributed by atoms with E-state index in [1.165, 1.54) is 0 Å². The van der Waals surface area contributed by atoms with Gasteiger partial charge in [-0.05, 0) is 6.42 Å². The van der Waals surface area contributed by atoms with Crippen LogP contribution in [0.4, 0.5) is 0 Å². The van der Waals surface area contributed by atoms with Crippen LogP contribution in [0.15, 0.2) is 0 Å². The number of rotatable bonds is 2. The summed E-state index contributed by atoms with van der Waals surface area (Å²) in [6, 6.07) is -0.0620. The van der Waals surface area contributed by atoms with Crippen molar-refractivity contribution in [3.63, 3.8) is 0 Å². The van der Waals surface area contributed by atoms with Crippen LogP contribution in [0.3, 0.4) is 0 Å². The van der Waals surface area contributed by atoms with E-state index < -0.39 is 0 Å². The molecule has 2 saturated heterocycles. The zero-order valence-corrected chi connectivity index (χ0v) is 9.07. The Labute approximate surface area is 89.7 Å². The predicted octanol–water partition coefficient (Wildman–Crippen LogP) is -0.778. The molecule has 0 bridgehead atoms. The zero-order valence-electron chi connectivity index (χ0n) is 9.07. The minimum Gasteiger partial charge on any atom is -0.380 e. The summed E-state index contributed by atoms with van der Waals surface area (Å²) in [6.45, 7) is 3.53. The highest BCUT2D eigenvalue weighted by Gasteiger charge is 2.32. The highest BCUT2D eigenvalue weighted by Crippen LogP contribution is 2.12. The Kier molecular flexibility index (Phi) is 3.56. The Morgan fingerprint density at radius 1 is 1.47 bits per heavy atom. The number of nitrogens with zero attached hydrogens (tertiary/aromatic N) is 1. The second-order valence-corrected chi connectivity index (χ2v) is 3.99. The molecular formula is C10H18N2O3. The summed E-state index contributed by atoms with van der Waals surface area (Å²) in [5, 5.41) is 3.20. The molecule has 1 N–H and O–H groups in total. The second-order valence-electron chi connectivity index (χ2n) is 3.99. The summed E-state index contributed by atoms with van der Waals surface area (Å²) in [7, 11) is 1.69. The smallest absolute Gasteiger partial charge is 0.239 e. The molecule has 2 fully saturated rings. The van der Waals surface area contributed by atoms with Crippen LogP contribution in [-0.2, 0) is 14.3 Å². The van der Waals surface area contributed by atoms with Crippen molar-refractivity contribution >= 4 is 5.91 Å². The lowest BCUT2D eigenvalue weighted by Crippen LogP contribution is -2.48. The van der Waals surface area contributed by atoms with Crippen molar-refractivity contribution in [1.29, 1.82) is 0 Å². The Bertz CT molecular complexity index is 229. The predicted molar refractivity (Wildman–Crippen MR) is 54.6 cm³/mol. The molecule has 0 aliphatic carbocycles. The number of ether oxygens (including phenoxy) is 2. The van der Waals surface area contributed by atoms with Gasteiger partial charge in [0.25, 0.3) is 0 Å². The van der Waals surface area contributed by atoms with Gasteiger partial charge in [0.15, 0.2) is 0 Å². The number of methoxy groups -OCH3 is 1.